The lowest BCUT2D eigenvalue weighted by atomic mass is 10.1. The molecule has 0 bridgehead atoms. The van der Waals surface area contributed by atoms with Gasteiger partial charge in [-0.1, -0.05) is 6.07 Å². The van der Waals surface area contributed by atoms with Crippen molar-refractivity contribution in [2.45, 2.75) is 25.3 Å². The molecule has 1 fully saturated rings. The summed E-state index contributed by atoms with van der Waals surface area (Å²) in [5.41, 5.74) is 2.27. The summed E-state index contributed by atoms with van der Waals surface area (Å²) in [6, 6.07) is 6.83. The van der Waals surface area contributed by atoms with Crippen molar-refractivity contribution < 1.29 is 14.3 Å². The molecule has 1 saturated carbocycles. The third-order valence-corrected chi connectivity index (χ3v) is 4.97. The molecule has 9 heteroatoms. The van der Waals surface area contributed by atoms with Gasteiger partial charge in [-0.3, -0.25) is 14.6 Å². The minimum Gasteiger partial charge on any atom is -0.385 e. The molecule has 1 aliphatic carbocycles. The van der Waals surface area contributed by atoms with Crippen LogP contribution < -0.4 is 10.6 Å². The lowest BCUT2D eigenvalue weighted by molar-refractivity contribution is -0.129. The van der Waals surface area contributed by atoms with E-state index >= 15 is 0 Å². The Bertz CT molecular complexity index is 980. The molecule has 2 N–H and O–H groups in total. The number of benzene rings is 1. The summed E-state index contributed by atoms with van der Waals surface area (Å²) in [6.45, 7) is 0.401. The van der Waals surface area contributed by atoms with Crippen LogP contribution in [0.5, 0.6) is 0 Å². The van der Waals surface area contributed by atoms with Crippen molar-refractivity contribution in [3.63, 3.8) is 0 Å². The molecule has 9 nitrogen and oxygen atoms in total. The van der Waals surface area contributed by atoms with E-state index in [1.807, 2.05) is 0 Å². The maximum absolute atomic E-state index is 12.6. The van der Waals surface area contributed by atoms with E-state index < -0.39 is 6.04 Å². The molecular formula is C22H26N6O3. The Morgan fingerprint density at radius 2 is 2.06 bits per heavy atom. The molecule has 0 spiro atoms. The van der Waals surface area contributed by atoms with Gasteiger partial charge in [0, 0.05) is 39.3 Å². The molecule has 0 aliphatic heterocycles. The number of hydrogen-bond acceptors (Lipinski definition) is 7. The van der Waals surface area contributed by atoms with Gasteiger partial charge in [0.05, 0.1) is 29.3 Å². The van der Waals surface area contributed by atoms with Crippen molar-refractivity contribution in [1.82, 2.24) is 14.9 Å². The molecule has 1 heterocycles. The number of nitriles is 1. The minimum absolute atomic E-state index is 0.0282. The number of amides is 2. The van der Waals surface area contributed by atoms with E-state index in [4.69, 9.17) is 4.74 Å². The highest BCUT2D eigenvalue weighted by Gasteiger charge is 2.29. The van der Waals surface area contributed by atoms with Crippen LogP contribution in [0.15, 0.2) is 30.6 Å². The molecule has 1 aromatic carbocycles. The van der Waals surface area contributed by atoms with Crippen molar-refractivity contribution in [2.75, 3.05) is 38.4 Å². The van der Waals surface area contributed by atoms with E-state index in [0.717, 1.165) is 18.4 Å². The molecule has 0 saturated heterocycles. The van der Waals surface area contributed by atoms with Crippen molar-refractivity contribution in [3.8, 4) is 17.3 Å². The standard InChI is InChI=1S/C22H26N6O3/c1-28(2)22(30)17(8-9-31-3)26-18-10-15(6-7-16(18)11-23)19-12-25-20(13-24-19)27-21(29)14-4-5-14/h6-7,10,12-14,17,26H,4-5,8-9H2,1-3H3,(H,25,27,29). The van der Waals surface area contributed by atoms with Crippen LogP contribution in [-0.2, 0) is 14.3 Å². The number of methoxy groups -OCH3 is 1. The third-order valence-electron chi connectivity index (χ3n) is 4.97. The summed E-state index contributed by atoms with van der Waals surface area (Å²) in [6.07, 6.45) is 5.37. The lowest BCUT2D eigenvalue weighted by Crippen LogP contribution is -2.39. The van der Waals surface area contributed by atoms with Gasteiger partial charge < -0.3 is 20.3 Å². The summed E-state index contributed by atoms with van der Waals surface area (Å²) in [7, 11) is 4.95. The van der Waals surface area contributed by atoms with Crippen LogP contribution >= 0.6 is 0 Å². The Morgan fingerprint density at radius 1 is 1.29 bits per heavy atom. The number of likely N-dealkylation sites (N-methyl/N-ethyl adjacent to an activating group) is 1. The Kier molecular flexibility index (Phi) is 7.15. The molecule has 0 radical (unpaired) electrons. The second-order valence-electron chi connectivity index (χ2n) is 7.63. The first-order valence-corrected chi connectivity index (χ1v) is 10.1. The summed E-state index contributed by atoms with van der Waals surface area (Å²) < 4.78 is 5.12. The molecule has 2 aromatic rings. The first-order valence-electron chi connectivity index (χ1n) is 10.1. The topological polar surface area (TPSA) is 120 Å². The first kappa shape index (κ1) is 22.2. The average molecular weight is 422 g/mol. The summed E-state index contributed by atoms with van der Waals surface area (Å²) in [5.74, 6) is 0.356. The van der Waals surface area contributed by atoms with E-state index in [2.05, 4.69) is 26.7 Å². The third kappa shape index (κ3) is 5.77. The van der Waals surface area contributed by atoms with E-state index in [1.54, 1.807) is 45.6 Å². The summed E-state index contributed by atoms with van der Waals surface area (Å²) >= 11 is 0. The Hall–Kier alpha value is -3.51. The number of carbonyl (C=O) groups is 2. The van der Waals surface area contributed by atoms with Crippen molar-refractivity contribution in [3.05, 3.63) is 36.2 Å². The fourth-order valence-electron chi connectivity index (χ4n) is 3.03. The molecule has 3 rings (SSSR count). The van der Waals surface area contributed by atoms with Crippen molar-refractivity contribution in [2.24, 2.45) is 5.92 Å². The summed E-state index contributed by atoms with van der Waals surface area (Å²) in [4.78, 5) is 34.6. The molecule has 1 unspecified atom stereocenters. The van der Waals surface area contributed by atoms with Crippen LogP contribution in [0.25, 0.3) is 11.3 Å². The van der Waals surface area contributed by atoms with Gasteiger partial charge >= 0.3 is 0 Å². The zero-order valence-electron chi connectivity index (χ0n) is 17.9. The summed E-state index contributed by atoms with van der Waals surface area (Å²) in [5, 5.41) is 15.5. The van der Waals surface area contributed by atoms with Crippen LogP contribution in [-0.4, -0.2) is 60.5 Å². The second kappa shape index (κ2) is 10.00. The van der Waals surface area contributed by atoms with Crippen molar-refractivity contribution >= 4 is 23.3 Å². The number of nitrogens with one attached hydrogen (secondary N) is 2. The number of rotatable bonds is 9. The highest BCUT2D eigenvalue weighted by Crippen LogP contribution is 2.30. The molecule has 31 heavy (non-hydrogen) atoms. The number of hydrogen-bond donors (Lipinski definition) is 2. The van der Waals surface area contributed by atoms with E-state index in [9.17, 15) is 14.9 Å². The average Bonchev–Trinajstić information content (AvgIpc) is 3.62. The SMILES string of the molecule is COCCC(Nc1cc(-c2cnc(NC(=O)C3CC3)cn2)ccc1C#N)C(=O)N(C)C. The molecule has 1 aromatic heterocycles. The molecule has 1 atom stereocenters. The van der Waals surface area contributed by atoms with Gasteiger partial charge in [0.1, 0.15) is 12.1 Å². The van der Waals surface area contributed by atoms with Gasteiger partial charge in [-0.2, -0.15) is 5.26 Å². The van der Waals surface area contributed by atoms with E-state index in [0.29, 0.717) is 35.8 Å². The van der Waals surface area contributed by atoms with Gasteiger partial charge in [0.15, 0.2) is 5.82 Å². The number of aromatic nitrogens is 2. The Morgan fingerprint density at radius 3 is 2.65 bits per heavy atom. The molecule has 2 amide bonds. The molecular weight excluding hydrogens is 396 g/mol. The predicted molar refractivity (Wildman–Crippen MR) is 116 cm³/mol. The van der Waals surface area contributed by atoms with Crippen LogP contribution in [0.4, 0.5) is 11.5 Å². The van der Waals surface area contributed by atoms with Gasteiger partial charge in [-0.15, -0.1) is 0 Å². The van der Waals surface area contributed by atoms with E-state index in [1.165, 1.54) is 11.1 Å². The second-order valence-corrected chi connectivity index (χ2v) is 7.63. The largest absolute Gasteiger partial charge is 0.385 e. The fourth-order valence-corrected chi connectivity index (χ4v) is 3.03. The number of anilines is 2. The van der Waals surface area contributed by atoms with E-state index in [-0.39, 0.29) is 17.7 Å². The highest BCUT2D eigenvalue weighted by molar-refractivity contribution is 5.93. The van der Waals surface area contributed by atoms with Gasteiger partial charge in [-0.05, 0) is 31.4 Å². The Labute approximate surface area is 181 Å². The van der Waals surface area contributed by atoms with Crippen LogP contribution in [0.3, 0.4) is 0 Å². The van der Waals surface area contributed by atoms with Crippen LogP contribution in [0, 0.1) is 17.2 Å². The highest BCUT2D eigenvalue weighted by atomic mass is 16.5. The zero-order chi connectivity index (χ0) is 22.4. The number of carbonyl (C=O) groups excluding carboxylic acids is 2. The van der Waals surface area contributed by atoms with Crippen LogP contribution in [0.1, 0.15) is 24.8 Å². The maximum Gasteiger partial charge on any atom is 0.244 e. The maximum atomic E-state index is 12.6. The predicted octanol–water partition coefficient (Wildman–Crippen LogP) is 2.27. The fraction of sp³-hybridized carbons (Fsp3) is 0.409. The first-order chi connectivity index (χ1) is 14.9. The number of nitrogens with zero attached hydrogens (tertiary/aromatic N) is 4. The smallest absolute Gasteiger partial charge is 0.244 e. The van der Waals surface area contributed by atoms with Gasteiger partial charge in [0.2, 0.25) is 11.8 Å². The van der Waals surface area contributed by atoms with Crippen LogP contribution in [0.2, 0.25) is 0 Å². The van der Waals surface area contributed by atoms with Gasteiger partial charge in [-0.25, -0.2) is 4.98 Å². The Balaban J connectivity index is 1.81. The number of ether oxygens (including phenoxy) is 1. The lowest BCUT2D eigenvalue weighted by Gasteiger charge is -2.23. The van der Waals surface area contributed by atoms with Gasteiger partial charge in [0.25, 0.3) is 0 Å². The molecule has 162 valence electrons. The normalized spacial score (nSPS) is 13.7. The molecule has 1 aliphatic rings. The zero-order valence-corrected chi connectivity index (χ0v) is 17.9. The monoisotopic (exact) mass is 422 g/mol. The quantitative estimate of drug-likeness (QED) is 0.636. The minimum atomic E-state index is -0.539. The van der Waals surface area contributed by atoms with Crippen molar-refractivity contribution in [1.29, 1.82) is 5.26 Å².